The first-order valence-electron chi connectivity index (χ1n) is 7.39. The highest BCUT2D eigenvalue weighted by molar-refractivity contribution is 6.35. The maximum Gasteiger partial charge on any atom is 0.163 e. The molecule has 7 heteroatoms. The number of phenolic OH excluding ortho intramolecular Hbond substituents is 1. The maximum absolute atomic E-state index is 9.99. The van der Waals surface area contributed by atoms with Crippen LogP contribution in [0.2, 0.25) is 5.02 Å². The lowest BCUT2D eigenvalue weighted by Crippen LogP contribution is -1.98. The quantitative estimate of drug-likeness (QED) is 0.583. The van der Waals surface area contributed by atoms with Gasteiger partial charge in [-0.05, 0) is 24.6 Å². The fraction of sp³-hybridized carbons (Fsp3) is 0.118. The number of halogens is 1. The zero-order chi connectivity index (χ0) is 16.8. The summed E-state index contributed by atoms with van der Waals surface area (Å²) in [6.07, 6.45) is 3.28. The molecular formula is C17H14ClN5O. The largest absolute Gasteiger partial charge is 0.506 e. The van der Waals surface area contributed by atoms with E-state index >= 15 is 0 Å². The van der Waals surface area contributed by atoms with Gasteiger partial charge in [-0.2, -0.15) is 5.10 Å². The Bertz CT molecular complexity index is 1090. The molecule has 0 aliphatic rings. The lowest BCUT2D eigenvalue weighted by Gasteiger charge is -2.13. The van der Waals surface area contributed by atoms with Crippen LogP contribution in [0.25, 0.3) is 27.7 Å². The number of phenols is 1. The average molecular weight is 340 g/mol. The molecule has 24 heavy (non-hydrogen) atoms. The Morgan fingerprint density at radius 2 is 2.04 bits per heavy atom. The Morgan fingerprint density at radius 1 is 1.21 bits per heavy atom. The first-order chi connectivity index (χ1) is 11.6. The Labute approximate surface area is 142 Å². The van der Waals surface area contributed by atoms with Crippen LogP contribution >= 0.6 is 11.6 Å². The molecule has 0 aliphatic heterocycles. The van der Waals surface area contributed by atoms with Gasteiger partial charge in [0.05, 0.1) is 10.5 Å². The van der Waals surface area contributed by atoms with E-state index in [0.717, 1.165) is 33.4 Å². The number of hydrogen-bond donors (Lipinski definition) is 2. The van der Waals surface area contributed by atoms with Crippen molar-refractivity contribution in [3.8, 4) is 16.9 Å². The molecule has 3 heterocycles. The summed E-state index contributed by atoms with van der Waals surface area (Å²) in [6, 6.07) is 7.30. The lowest BCUT2D eigenvalue weighted by atomic mass is 9.99. The summed E-state index contributed by atoms with van der Waals surface area (Å²) in [5.74, 6) is 0.789. The van der Waals surface area contributed by atoms with Gasteiger partial charge in [0.15, 0.2) is 5.65 Å². The van der Waals surface area contributed by atoms with Crippen molar-refractivity contribution < 1.29 is 5.11 Å². The Balaban J connectivity index is 2.13. The smallest absolute Gasteiger partial charge is 0.163 e. The predicted octanol–water partition coefficient (Wildman–Crippen LogP) is 3.65. The zero-order valence-corrected chi connectivity index (χ0v) is 13.8. The summed E-state index contributed by atoms with van der Waals surface area (Å²) in [5.41, 5.74) is 4.06. The second kappa shape index (κ2) is 5.35. The molecule has 0 saturated carbocycles. The number of hydrogen-bond acceptors (Lipinski definition) is 5. The van der Waals surface area contributed by atoms with E-state index in [-0.39, 0.29) is 5.75 Å². The van der Waals surface area contributed by atoms with Crippen molar-refractivity contribution in [1.29, 1.82) is 0 Å². The second-order valence-electron chi connectivity index (χ2n) is 5.52. The molecule has 0 fully saturated rings. The van der Waals surface area contributed by atoms with Crippen molar-refractivity contribution in [2.45, 2.75) is 6.92 Å². The van der Waals surface area contributed by atoms with Crippen LogP contribution in [0.15, 0.2) is 36.8 Å². The predicted molar refractivity (Wildman–Crippen MR) is 94.7 cm³/mol. The first-order valence-corrected chi connectivity index (χ1v) is 7.76. The van der Waals surface area contributed by atoms with Crippen LogP contribution in [0, 0.1) is 6.92 Å². The van der Waals surface area contributed by atoms with Crippen molar-refractivity contribution in [2.24, 2.45) is 0 Å². The van der Waals surface area contributed by atoms with Gasteiger partial charge < -0.3 is 10.4 Å². The Kier molecular flexibility index (Phi) is 3.28. The van der Waals surface area contributed by atoms with Gasteiger partial charge in [-0.3, -0.25) is 0 Å². The van der Waals surface area contributed by atoms with E-state index in [4.69, 9.17) is 11.6 Å². The minimum atomic E-state index is 0.0404. The molecule has 4 aromatic rings. The number of aromatic nitrogens is 4. The van der Waals surface area contributed by atoms with Crippen molar-refractivity contribution in [2.75, 3.05) is 12.4 Å². The number of benzene rings is 1. The number of nitrogens with zero attached hydrogens (tertiary/aromatic N) is 4. The van der Waals surface area contributed by atoms with Crippen LogP contribution in [-0.2, 0) is 0 Å². The summed E-state index contributed by atoms with van der Waals surface area (Å²) >= 11 is 6.37. The van der Waals surface area contributed by atoms with Crippen LogP contribution in [0.4, 0.5) is 5.82 Å². The fourth-order valence-electron chi connectivity index (χ4n) is 2.88. The molecule has 0 aliphatic carbocycles. The average Bonchev–Trinajstić information content (AvgIpc) is 3.08. The first kappa shape index (κ1) is 14.7. The monoisotopic (exact) mass is 339 g/mol. The molecule has 6 nitrogen and oxygen atoms in total. The number of nitrogens with one attached hydrogen (secondary N) is 1. The lowest BCUT2D eigenvalue weighted by molar-refractivity contribution is 0.475. The number of pyridine rings is 2. The van der Waals surface area contributed by atoms with Crippen LogP contribution in [0.5, 0.6) is 5.75 Å². The third-order valence-corrected chi connectivity index (χ3v) is 4.47. The zero-order valence-electron chi connectivity index (χ0n) is 13.1. The number of fused-ring (bicyclic) bond motifs is 3. The molecule has 4 rings (SSSR count). The molecule has 1 aromatic carbocycles. The van der Waals surface area contributed by atoms with Gasteiger partial charge in [-0.25, -0.2) is 14.5 Å². The van der Waals surface area contributed by atoms with Crippen molar-refractivity contribution in [3.05, 3.63) is 47.4 Å². The molecule has 3 aromatic heterocycles. The fourth-order valence-corrected chi connectivity index (χ4v) is 3.20. The van der Waals surface area contributed by atoms with Gasteiger partial charge in [0.2, 0.25) is 0 Å². The standard InChI is InChI=1S/C17H14ClN5O/c1-9-3-4-13(24)16(18)15(9)11-5-10-7-20-14(19-2)6-12(10)23-17(11)21-8-22-23/h3-8,24H,1-2H3,(H,19,20). The van der Waals surface area contributed by atoms with Gasteiger partial charge in [0, 0.05) is 35.8 Å². The highest BCUT2D eigenvalue weighted by Gasteiger charge is 2.17. The van der Waals surface area contributed by atoms with E-state index < -0.39 is 0 Å². The van der Waals surface area contributed by atoms with Crippen LogP contribution in [0.3, 0.4) is 0 Å². The van der Waals surface area contributed by atoms with E-state index in [1.165, 1.54) is 6.33 Å². The molecule has 0 amide bonds. The minimum Gasteiger partial charge on any atom is -0.506 e. The van der Waals surface area contributed by atoms with Crippen LogP contribution in [0.1, 0.15) is 5.56 Å². The number of aromatic hydroxyl groups is 1. The SMILES string of the molecule is CNc1cc2c(cn1)cc(-c1c(C)ccc(O)c1Cl)c1ncnn12. The number of anilines is 1. The van der Waals surface area contributed by atoms with Crippen molar-refractivity contribution in [1.82, 2.24) is 19.6 Å². The van der Waals surface area contributed by atoms with E-state index in [2.05, 4.69) is 20.4 Å². The number of rotatable bonds is 2. The summed E-state index contributed by atoms with van der Waals surface area (Å²) in [4.78, 5) is 8.74. The summed E-state index contributed by atoms with van der Waals surface area (Å²) in [7, 11) is 1.82. The van der Waals surface area contributed by atoms with Crippen LogP contribution in [-0.4, -0.2) is 31.7 Å². The third kappa shape index (κ3) is 2.07. The summed E-state index contributed by atoms with van der Waals surface area (Å²) in [6.45, 7) is 1.94. The maximum atomic E-state index is 9.99. The molecule has 0 unspecified atom stereocenters. The van der Waals surface area contributed by atoms with Crippen molar-refractivity contribution >= 4 is 34.0 Å². The highest BCUT2D eigenvalue weighted by atomic mass is 35.5. The molecule has 0 atom stereocenters. The van der Waals surface area contributed by atoms with Gasteiger partial charge in [0.1, 0.15) is 17.9 Å². The second-order valence-corrected chi connectivity index (χ2v) is 5.90. The van der Waals surface area contributed by atoms with Gasteiger partial charge >= 0.3 is 0 Å². The van der Waals surface area contributed by atoms with Gasteiger partial charge in [-0.15, -0.1) is 0 Å². The molecule has 0 radical (unpaired) electrons. The molecule has 0 bridgehead atoms. The Morgan fingerprint density at radius 3 is 2.83 bits per heavy atom. The van der Waals surface area contributed by atoms with Crippen molar-refractivity contribution in [3.63, 3.8) is 0 Å². The van der Waals surface area contributed by atoms with Gasteiger partial charge in [0.25, 0.3) is 0 Å². The molecule has 2 N–H and O–H groups in total. The topological polar surface area (TPSA) is 75.3 Å². The summed E-state index contributed by atoms with van der Waals surface area (Å²) < 4.78 is 1.76. The normalized spacial score (nSPS) is 11.3. The van der Waals surface area contributed by atoms with Crippen LogP contribution < -0.4 is 5.32 Å². The Hall–Kier alpha value is -2.86. The van der Waals surface area contributed by atoms with E-state index in [9.17, 15) is 5.11 Å². The molecule has 120 valence electrons. The number of aryl methyl sites for hydroxylation is 1. The van der Waals surface area contributed by atoms with E-state index in [1.807, 2.05) is 32.2 Å². The molecule has 0 spiro atoms. The highest BCUT2D eigenvalue weighted by Crippen LogP contribution is 2.39. The summed E-state index contributed by atoms with van der Waals surface area (Å²) in [5, 5.41) is 18.6. The van der Waals surface area contributed by atoms with Gasteiger partial charge in [-0.1, -0.05) is 17.7 Å². The minimum absolute atomic E-state index is 0.0404. The molecular weight excluding hydrogens is 326 g/mol. The van der Waals surface area contributed by atoms with E-state index in [0.29, 0.717) is 10.7 Å². The third-order valence-electron chi connectivity index (χ3n) is 4.08. The van der Waals surface area contributed by atoms with E-state index in [1.54, 1.807) is 16.8 Å². The molecule has 0 saturated heterocycles.